The molecule has 0 aliphatic heterocycles. The standard InChI is InChI=1S/C13H8BrFN2O/c14-9-4-5-10(17-7-9)8-18-13-3-1-2-12(15)11(13)6-16/h1-5,7H,8H2. The van der Waals surface area contributed by atoms with Gasteiger partial charge < -0.3 is 4.74 Å². The Morgan fingerprint density at radius 1 is 1.33 bits per heavy atom. The molecule has 1 aromatic heterocycles. The van der Waals surface area contributed by atoms with Crippen molar-refractivity contribution in [1.29, 1.82) is 5.26 Å². The minimum Gasteiger partial charge on any atom is -0.486 e. The van der Waals surface area contributed by atoms with Crippen molar-refractivity contribution in [2.24, 2.45) is 0 Å². The highest BCUT2D eigenvalue weighted by Crippen LogP contribution is 2.21. The molecule has 0 bridgehead atoms. The van der Waals surface area contributed by atoms with Gasteiger partial charge in [0.25, 0.3) is 0 Å². The average Bonchev–Trinajstić information content (AvgIpc) is 2.38. The van der Waals surface area contributed by atoms with Gasteiger partial charge in [-0.05, 0) is 40.2 Å². The van der Waals surface area contributed by atoms with Gasteiger partial charge in [0.1, 0.15) is 29.8 Å². The molecule has 5 heteroatoms. The second-order valence-corrected chi connectivity index (χ2v) is 4.40. The average molecular weight is 307 g/mol. The third kappa shape index (κ3) is 2.84. The number of ether oxygens (including phenoxy) is 1. The van der Waals surface area contributed by atoms with Crippen LogP contribution >= 0.6 is 15.9 Å². The number of aromatic nitrogens is 1. The number of pyridine rings is 1. The van der Waals surface area contributed by atoms with E-state index in [1.807, 2.05) is 6.07 Å². The molecule has 0 spiro atoms. The topological polar surface area (TPSA) is 45.9 Å². The lowest BCUT2D eigenvalue weighted by molar-refractivity contribution is 0.298. The summed E-state index contributed by atoms with van der Waals surface area (Å²) in [5, 5.41) is 8.84. The number of hydrogen-bond acceptors (Lipinski definition) is 3. The molecule has 0 radical (unpaired) electrons. The summed E-state index contributed by atoms with van der Waals surface area (Å²) >= 11 is 3.28. The van der Waals surface area contributed by atoms with E-state index in [4.69, 9.17) is 10.00 Å². The van der Waals surface area contributed by atoms with Crippen LogP contribution in [0.3, 0.4) is 0 Å². The monoisotopic (exact) mass is 306 g/mol. The van der Waals surface area contributed by atoms with E-state index in [0.29, 0.717) is 5.69 Å². The maximum absolute atomic E-state index is 13.3. The van der Waals surface area contributed by atoms with Gasteiger partial charge in [-0.15, -0.1) is 0 Å². The van der Waals surface area contributed by atoms with Gasteiger partial charge in [-0.3, -0.25) is 4.98 Å². The number of halogens is 2. The van der Waals surface area contributed by atoms with E-state index in [0.717, 1.165) is 4.47 Å². The Morgan fingerprint density at radius 3 is 2.83 bits per heavy atom. The molecule has 0 saturated carbocycles. The zero-order valence-corrected chi connectivity index (χ0v) is 10.8. The number of nitrogens with zero attached hydrogens (tertiary/aromatic N) is 2. The zero-order valence-electron chi connectivity index (χ0n) is 9.23. The van der Waals surface area contributed by atoms with Crippen LogP contribution in [0, 0.1) is 17.1 Å². The molecule has 18 heavy (non-hydrogen) atoms. The molecule has 1 heterocycles. The minimum absolute atomic E-state index is 0.0883. The van der Waals surface area contributed by atoms with Crippen LogP contribution < -0.4 is 4.74 Å². The van der Waals surface area contributed by atoms with Crippen LogP contribution in [0.5, 0.6) is 5.75 Å². The molecule has 0 unspecified atom stereocenters. The molecule has 0 saturated heterocycles. The van der Waals surface area contributed by atoms with E-state index in [1.54, 1.807) is 24.4 Å². The molecule has 0 N–H and O–H groups in total. The van der Waals surface area contributed by atoms with E-state index >= 15 is 0 Å². The van der Waals surface area contributed by atoms with Gasteiger partial charge in [-0.25, -0.2) is 4.39 Å². The lowest BCUT2D eigenvalue weighted by Gasteiger charge is -2.07. The van der Waals surface area contributed by atoms with Crippen molar-refractivity contribution in [2.45, 2.75) is 6.61 Å². The van der Waals surface area contributed by atoms with Crippen LogP contribution in [-0.4, -0.2) is 4.98 Å². The quantitative estimate of drug-likeness (QED) is 0.872. The van der Waals surface area contributed by atoms with E-state index < -0.39 is 5.82 Å². The third-order valence-electron chi connectivity index (χ3n) is 2.25. The Kier molecular flexibility index (Phi) is 3.90. The molecule has 1 aromatic carbocycles. The number of nitriles is 1. The largest absolute Gasteiger partial charge is 0.486 e. The van der Waals surface area contributed by atoms with Crippen molar-refractivity contribution >= 4 is 15.9 Å². The highest BCUT2D eigenvalue weighted by atomic mass is 79.9. The highest BCUT2D eigenvalue weighted by molar-refractivity contribution is 9.10. The van der Waals surface area contributed by atoms with Crippen molar-refractivity contribution < 1.29 is 9.13 Å². The predicted molar refractivity (Wildman–Crippen MR) is 67.4 cm³/mol. The SMILES string of the molecule is N#Cc1c(F)cccc1OCc1ccc(Br)cn1. The molecule has 0 atom stereocenters. The van der Waals surface area contributed by atoms with Crippen LogP contribution in [0.4, 0.5) is 4.39 Å². The summed E-state index contributed by atoms with van der Waals surface area (Å²) < 4.78 is 19.6. The van der Waals surface area contributed by atoms with Crippen molar-refractivity contribution in [1.82, 2.24) is 4.98 Å². The zero-order chi connectivity index (χ0) is 13.0. The molecule has 0 fully saturated rings. The molecule has 0 amide bonds. The third-order valence-corrected chi connectivity index (χ3v) is 2.72. The van der Waals surface area contributed by atoms with Gasteiger partial charge in [0.05, 0.1) is 5.69 Å². The molecule has 2 rings (SSSR count). The number of rotatable bonds is 3. The molecule has 0 aliphatic rings. The Balaban J connectivity index is 2.14. The summed E-state index contributed by atoms with van der Waals surface area (Å²) in [6, 6.07) is 9.69. The summed E-state index contributed by atoms with van der Waals surface area (Å²) in [7, 11) is 0. The predicted octanol–water partition coefficient (Wildman–Crippen LogP) is 3.43. The van der Waals surface area contributed by atoms with E-state index in [9.17, 15) is 4.39 Å². The van der Waals surface area contributed by atoms with Crippen molar-refractivity contribution in [3.05, 3.63) is 58.1 Å². The Hall–Kier alpha value is -1.93. The van der Waals surface area contributed by atoms with E-state index in [-0.39, 0.29) is 17.9 Å². The molecule has 2 aromatic rings. The van der Waals surface area contributed by atoms with Crippen molar-refractivity contribution in [3.8, 4) is 11.8 Å². The van der Waals surface area contributed by atoms with Crippen LogP contribution in [0.25, 0.3) is 0 Å². The maximum Gasteiger partial charge on any atom is 0.144 e. The van der Waals surface area contributed by atoms with Gasteiger partial charge in [-0.2, -0.15) is 5.26 Å². The van der Waals surface area contributed by atoms with Crippen LogP contribution in [0.15, 0.2) is 41.0 Å². The first-order chi connectivity index (χ1) is 8.70. The Labute approximate surface area is 112 Å². The summed E-state index contributed by atoms with van der Waals surface area (Å²) in [5.74, 6) is -0.360. The lowest BCUT2D eigenvalue weighted by atomic mass is 10.2. The number of benzene rings is 1. The fourth-order valence-electron chi connectivity index (χ4n) is 1.38. The van der Waals surface area contributed by atoms with Crippen molar-refractivity contribution in [3.63, 3.8) is 0 Å². The van der Waals surface area contributed by atoms with Crippen LogP contribution in [0.2, 0.25) is 0 Å². The van der Waals surface area contributed by atoms with Crippen LogP contribution in [0.1, 0.15) is 11.3 Å². The lowest BCUT2D eigenvalue weighted by Crippen LogP contribution is -2.00. The second kappa shape index (κ2) is 5.61. The fraction of sp³-hybridized carbons (Fsp3) is 0.0769. The van der Waals surface area contributed by atoms with Gasteiger partial charge in [0, 0.05) is 10.7 Å². The summed E-state index contributed by atoms with van der Waals surface area (Å²) in [6.07, 6.45) is 1.65. The first-order valence-electron chi connectivity index (χ1n) is 5.12. The van der Waals surface area contributed by atoms with Gasteiger partial charge in [0.2, 0.25) is 0 Å². The van der Waals surface area contributed by atoms with Crippen LogP contribution in [-0.2, 0) is 6.61 Å². The highest BCUT2D eigenvalue weighted by Gasteiger charge is 2.08. The second-order valence-electron chi connectivity index (χ2n) is 3.48. The van der Waals surface area contributed by atoms with Gasteiger partial charge in [-0.1, -0.05) is 6.07 Å². The maximum atomic E-state index is 13.3. The Bertz CT molecular complexity index is 593. The molecular weight excluding hydrogens is 299 g/mol. The normalized spacial score (nSPS) is 9.83. The molecule has 3 nitrogen and oxygen atoms in total. The van der Waals surface area contributed by atoms with Gasteiger partial charge in [0.15, 0.2) is 0 Å². The smallest absolute Gasteiger partial charge is 0.144 e. The summed E-state index contributed by atoms with van der Waals surface area (Å²) in [6.45, 7) is 0.186. The first kappa shape index (κ1) is 12.5. The van der Waals surface area contributed by atoms with E-state index in [2.05, 4.69) is 20.9 Å². The molecule has 0 aliphatic carbocycles. The number of hydrogen-bond donors (Lipinski definition) is 0. The van der Waals surface area contributed by atoms with Crippen molar-refractivity contribution in [2.75, 3.05) is 0 Å². The molecule has 90 valence electrons. The summed E-state index contributed by atoms with van der Waals surface area (Å²) in [5.41, 5.74) is 0.612. The first-order valence-corrected chi connectivity index (χ1v) is 5.92. The fourth-order valence-corrected chi connectivity index (χ4v) is 1.61. The summed E-state index contributed by atoms with van der Waals surface area (Å²) in [4.78, 5) is 4.12. The molecular formula is C13H8BrFN2O. The van der Waals surface area contributed by atoms with Gasteiger partial charge >= 0.3 is 0 Å². The Morgan fingerprint density at radius 2 is 2.17 bits per heavy atom. The minimum atomic E-state index is -0.584. The van der Waals surface area contributed by atoms with E-state index in [1.165, 1.54) is 12.1 Å².